The Balaban J connectivity index is 1.47. The first-order valence-corrected chi connectivity index (χ1v) is 10.6. The van der Waals surface area contributed by atoms with Crippen LogP contribution in [0.25, 0.3) is 0 Å². The van der Waals surface area contributed by atoms with Crippen LogP contribution in [0.3, 0.4) is 0 Å². The minimum Gasteiger partial charge on any atom is -0.459 e. The van der Waals surface area contributed by atoms with Crippen LogP contribution in [0, 0.1) is 0 Å². The molecule has 1 saturated heterocycles. The number of benzene rings is 3. The van der Waals surface area contributed by atoms with Crippen molar-refractivity contribution in [1.82, 2.24) is 0 Å². The summed E-state index contributed by atoms with van der Waals surface area (Å²) in [7, 11) is 0. The molecule has 4 rings (SSSR count). The SMILES string of the molecule is O=C(OC[C@H]1O[C@H](OC(=O)c2ccccc2)[C@@H](F)[C@H]1OC(=O)c1ccccc1)c1ccccc1. The highest BCUT2D eigenvalue weighted by Gasteiger charge is 2.50. The molecule has 1 aliphatic heterocycles. The van der Waals surface area contributed by atoms with Gasteiger partial charge in [0.15, 0.2) is 6.10 Å². The van der Waals surface area contributed by atoms with Crippen molar-refractivity contribution >= 4 is 17.9 Å². The molecule has 1 aliphatic rings. The summed E-state index contributed by atoms with van der Waals surface area (Å²) < 4.78 is 36.6. The zero-order valence-corrected chi connectivity index (χ0v) is 17.9. The molecule has 8 heteroatoms. The molecule has 0 radical (unpaired) electrons. The van der Waals surface area contributed by atoms with Crippen molar-refractivity contribution < 1.29 is 37.7 Å². The van der Waals surface area contributed by atoms with Crippen molar-refractivity contribution in [3.63, 3.8) is 0 Å². The summed E-state index contributed by atoms with van der Waals surface area (Å²) in [5.41, 5.74) is 0.705. The van der Waals surface area contributed by atoms with Gasteiger partial charge in [0, 0.05) is 0 Å². The van der Waals surface area contributed by atoms with Gasteiger partial charge in [-0.15, -0.1) is 0 Å². The van der Waals surface area contributed by atoms with Crippen LogP contribution in [0.1, 0.15) is 31.1 Å². The molecule has 0 amide bonds. The number of alkyl halides is 1. The van der Waals surface area contributed by atoms with Crippen LogP contribution in [-0.2, 0) is 18.9 Å². The Morgan fingerprint density at radius 3 is 1.62 bits per heavy atom. The molecule has 1 heterocycles. The molecule has 0 saturated carbocycles. The zero-order valence-electron chi connectivity index (χ0n) is 17.9. The monoisotopic (exact) mass is 464 g/mol. The number of rotatable bonds is 7. The maximum Gasteiger partial charge on any atom is 0.340 e. The maximum absolute atomic E-state index is 15.3. The Kier molecular flexibility index (Phi) is 7.29. The molecular formula is C26H21FO7. The fraction of sp³-hybridized carbons (Fsp3) is 0.192. The van der Waals surface area contributed by atoms with E-state index >= 15 is 4.39 Å². The highest BCUT2D eigenvalue weighted by molar-refractivity contribution is 5.90. The van der Waals surface area contributed by atoms with E-state index in [1.165, 1.54) is 24.3 Å². The Bertz CT molecular complexity index is 1120. The minimum atomic E-state index is -2.00. The van der Waals surface area contributed by atoms with Crippen LogP contribution < -0.4 is 0 Å². The highest BCUT2D eigenvalue weighted by Crippen LogP contribution is 2.29. The molecule has 3 aromatic carbocycles. The van der Waals surface area contributed by atoms with Gasteiger partial charge in [0.2, 0.25) is 12.5 Å². The molecular weight excluding hydrogens is 443 g/mol. The molecule has 0 aliphatic carbocycles. The Labute approximate surface area is 195 Å². The van der Waals surface area contributed by atoms with Crippen LogP contribution in [-0.4, -0.2) is 49.2 Å². The molecule has 0 aromatic heterocycles. The van der Waals surface area contributed by atoms with Crippen molar-refractivity contribution in [2.24, 2.45) is 0 Å². The smallest absolute Gasteiger partial charge is 0.340 e. The summed E-state index contributed by atoms with van der Waals surface area (Å²) in [5, 5.41) is 0. The quantitative estimate of drug-likeness (QED) is 0.386. The van der Waals surface area contributed by atoms with Gasteiger partial charge in [0.05, 0.1) is 16.7 Å². The van der Waals surface area contributed by atoms with E-state index in [9.17, 15) is 14.4 Å². The van der Waals surface area contributed by atoms with E-state index in [0.717, 1.165) is 0 Å². The van der Waals surface area contributed by atoms with Crippen molar-refractivity contribution in [2.45, 2.75) is 24.7 Å². The first-order chi connectivity index (χ1) is 16.5. The van der Waals surface area contributed by atoms with Crippen LogP contribution in [0.15, 0.2) is 91.0 Å². The molecule has 0 bridgehead atoms. The molecule has 34 heavy (non-hydrogen) atoms. The van der Waals surface area contributed by atoms with Gasteiger partial charge >= 0.3 is 17.9 Å². The second-order valence-corrected chi connectivity index (χ2v) is 7.46. The number of hydrogen-bond donors (Lipinski definition) is 0. The molecule has 174 valence electrons. The van der Waals surface area contributed by atoms with Gasteiger partial charge in [0.1, 0.15) is 12.7 Å². The van der Waals surface area contributed by atoms with Gasteiger partial charge in [0.25, 0.3) is 0 Å². The normalized spacial score (nSPS) is 21.4. The van der Waals surface area contributed by atoms with Gasteiger partial charge in [-0.05, 0) is 36.4 Å². The number of carbonyl (C=O) groups excluding carboxylic acids is 3. The summed E-state index contributed by atoms with van der Waals surface area (Å²) in [6, 6.07) is 24.2. The Morgan fingerprint density at radius 2 is 1.12 bits per heavy atom. The Morgan fingerprint density at radius 1 is 0.676 bits per heavy atom. The number of ether oxygens (including phenoxy) is 4. The van der Waals surface area contributed by atoms with Gasteiger partial charge in [-0.3, -0.25) is 0 Å². The molecule has 3 aromatic rings. The van der Waals surface area contributed by atoms with E-state index in [1.807, 2.05) is 0 Å². The van der Waals surface area contributed by atoms with E-state index in [2.05, 4.69) is 0 Å². The van der Waals surface area contributed by atoms with E-state index in [1.54, 1.807) is 66.7 Å². The first-order valence-electron chi connectivity index (χ1n) is 10.6. The maximum atomic E-state index is 15.3. The van der Waals surface area contributed by atoms with E-state index < -0.39 is 49.2 Å². The number of carbonyl (C=O) groups is 3. The van der Waals surface area contributed by atoms with E-state index in [0.29, 0.717) is 5.56 Å². The third-order valence-electron chi connectivity index (χ3n) is 5.12. The third-order valence-corrected chi connectivity index (χ3v) is 5.12. The summed E-state index contributed by atoms with van der Waals surface area (Å²) in [4.78, 5) is 37.2. The lowest BCUT2D eigenvalue weighted by molar-refractivity contribution is -0.129. The molecule has 1 fully saturated rings. The lowest BCUT2D eigenvalue weighted by atomic mass is 10.1. The largest absolute Gasteiger partial charge is 0.459 e. The van der Waals surface area contributed by atoms with Crippen LogP contribution >= 0.6 is 0 Å². The minimum absolute atomic E-state index is 0.204. The van der Waals surface area contributed by atoms with Crippen LogP contribution in [0.4, 0.5) is 4.39 Å². The average molecular weight is 464 g/mol. The van der Waals surface area contributed by atoms with Crippen LogP contribution in [0.2, 0.25) is 0 Å². The van der Waals surface area contributed by atoms with Crippen molar-refractivity contribution in [3.8, 4) is 0 Å². The van der Waals surface area contributed by atoms with Crippen molar-refractivity contribution in [3.05, 3.63) is 108 Å². The second-order valence-electron chi connectivity index (χ2n) is 7.46. The standard InChI is InChI=1S/C26H21FO7/c27-21-22(33-24(29)18-12-6-2-7-13-18)20(16-31-23(28)17-10-4-1-5-11-17)32-26(21)34-25(30)19-14-8-3-9-15-19/h1-15,20-22,26H,16H2/t20-,21+,22+,26-/m1/s1. The average Bonchev–Trinajstić information content (AvgIpc) is 3.17. The summed E-state index contributed by atoms with van der Waals surface area (Å²) in [5.74, 6) is -2.24. The first kappa shape index (κ1) is 23.1. The molecule has 0 unspecified atom stereocenters. The zero-order chi connectivity index (χ0) is 23.9. The second kappa shape index (κ2) is 10.7. The van der Waals surface area contributed by atoms with Gasteiger partial charge in [-0.2, -0.15) is 0 Å². The predicted molar refractivity (Wildman–Crippen MR) is 118 cm³/mol. The van der Waals surface area contributed by atoms with Crippen molar-refractivity contribution in [2.75, 3.05) is 6.61 Å². The van der Waals surface area contributed by atoms with Crippen molar-refractivity contribution in [1.29, 1.82) is 0 Å². The summed E-state index contributed by atoms with van der Waals surface area (Å²) >= 11 is 0. The molecule has 4 atom stereocenters. The number of esters is 3. The highest BCUT2D eigenvalue weighted by atomic mass is 19.1. The third kappa shape index (κ3) is 5.47. The number of hydrogen-bond acceptors (Lipinski definition) is 7. The fourth-order valence-electron chi connectivity index (χ4n) is 3.38. The van der Waals surface area contributed by atoms with E-state index in [-0.39, 0.29) is 11.1 Å². The lowest BCUT2D eigenvalue weighted by Gasteiger charge is -2.19. The van der Waals surface area contributed by atoms with E-state index in [4.69, 9.17) is 18.9 Å². The molecule has 0 spiro atoms. The molecule has 7 nitrogen and oxygen atoms in total. The van der Waals surface area contributed by atoms with Gasteiger partial charge < -0.3 is 18.9 Å². The van der Waals surface area contributed by atoms with Gasteiger partial charge in [-0.1, -0.05) is 54.6 Å². The number of halogens is 1. The fourth-order valence-corrected chi connectivity index (χ4v) is 3.38. The molecule has 0 N–H and O–H groups in total. The topological polar surface area (TPSA) is 88.1 Å². The Hall–Kier alpha value is -4.04. The van der Waals surface area contributed by atoms with Crippen LogP contribution in [0.5, 0.6) is 0 Å². The summed E-state index contributed by atoms with van der Waals surface area (Å²) in [6.45, 7) is -0.416. The van der Waals surface area contributed by atoms with Gasteiger partial charge in [-0.25, -0.2) is 18.8 Å². The predicted octanol–water partition coefficient (Wildman–Crippen LogP) is 3.99. The lowest BCUT2D eigenvalue weighted by Crippen LogP contribution is -2.37. The summed E-state index contributed by atoms with van der Waals surface area (Å²) in [6.07, 6.45) is -6.31.